The highest BCUT2D eigenvalue weighted by Gasteiger charge is 1.86. The molecule has 1 nitrogen and oxygen atoms in total. The van der Waals surface area contributed by atoms with Crippen molar-refractivity contribution in [2.75, 3.05) is 0 Å². The first-order valence-corrected chi connectivity index (χ1v) is 3.28. The maximum atomic E-state index is 8.56. The predicted octanol–water partition coefficient (Wildman–Crippen LogP) is 2.75. The topological polar surface area (TPSA) is 23.8 Å². The lowest BCUT2D eigenvalue weighted by Crippen LogP contribution is -1.73. The van der Waals surface area contributed by atoms with Crippen LogP contribution >= 0.6 is 0 Å². The normalized spacial score (nSPS) is 12.0. The largest absolute Gasteiger partial charge is 0.192 e. The van der Waals surface area contributed by atoms with Crippen molar-refractivity contribution >= 4 is 0 Å². The molecular weight excluding hydrogens is 134 g/mol. The van der Waals surface area contributed by atoms with Gasteiger partial charge in [-0.05, 0) is 19.1 Å². The fraction of sp³-hybridized carbons (Fsp3) is 0.100. The fourth-order valence-corrected chi connectivity index (χ4v) is 0.549. The highest BCUT2D eigenvalue weighted by Crippen LogP contribution is 2.01. The molecule has 0 aromatic carbocycles. The van der Waals surface area contributed by atoms with Crippen molar-refractivity contribution in [2.24, 2.45) is 0 Å². The van der Waals surface area contributed by atoms with Crippen molar-refractivity contribution in [3.8, 4) is 6.07 Å². The minimum Gasteiger partial charge on any atom is -0.192 e. The molecule has 0 spiro atoms. The van der Waals surface area contributed by atoms with Gasteiger partial charge in [-0.3, -0.25) is 0 Å². The molecule has 1 heteroatoms. The van der Waals surface area contributed by atoms with Crippen molar-refractivity contribution < 1.29 is 0 Å². The quantitative estimate of drug-likeness (QED) is 0.442. The minimum absolute atomic E-state index is 0.595. The molecule has 0 rings (SSSR count). The van der Waals surface area contributed by atoms with Gasteiger partial charge < -0.3 is 0 Å². The van der Waals surface area contributed by atoms with E-state index in [0.29, 0.717) is 5.57 Å². The fourth-order valence-electron chi connectivity index (χ4n) is 0.549. The van der Waals surface area contributed by atoms with Crippen LogP contribution in [0.5, 0.6) is 0 Å². The van der Waals surface area contributed by atoms with E-state index in [2.05, 4.69) is 13.2 Å². The highest BCUT2D eigenvalue weighted by atomic mass is 14.2. The second kappa shape index (κ2) is 5.25. The van der Waals surface area contributed by atoms with Crippen LogP contribution in [0.3, 0.4) is 0 Å². The van der Waals surface area contributed by atoms with E-state index in [1.54, 1.807) is 24.3 Å². The number of rotatable bonds is 3. The Morgan fingerprint density at radius 3 is 2.45 bits per heavy atom. The molecule has 0 saturated heterocycles. The molecule has 0 saturated carbocycles. The Hall–Kier alpha value is -1.55. The van der Waals surface area contributed by atoms with Gasteiger partial charge in [0.2, 0.25) is 0 Å². The lowest BCUT2D eigenvalue weighted by molar-refractivity contribution is 1.46. The molecule has 11 heavy (non-hydrogen) atoms. The van der Waals surface area contributed by atoms with E-state index >= 15 is 0 Å². The summed E-state index contributed by atoms with van der Waals surface area (Å²) in [5, 5.41) is 8.56. The number of hydrogen-bond acceptors (Lipinski definition) is 1. The molecule has 0 aliphatic heterocycles. The van der Waals surface area contributed by atoms with E-state index in [9.17, 15) is 0 Å². The van der Waals surface area contributed by atoms with Gasteiger partial charge in [-0.1, -0.05) is 30.9 Å². The zero-order chi connectivity index (χ0) is 8.69. The summed E-state index contributed by atoms with van der Waals surface area (Å²) in [5.41, 5.74) is 1.57. The molecule has 0 aliphatic carbocycles. The van der Waals surface area contributed by atoms with Crippen LogP contribution in [0.25, 0.3) is 0 Å². The average molecular weight is 145 g/mol. The van der Waals surface area contributed by atoms with Crippen LogP contribution in [0.1, 0.15) is 6.92 Å². The molecule has 0 aromatic rings. The molecule has 0 amide bonds. The zero-order valence-electron chi connectivity index (χ0n) is 6.67. The monoisotopic (exact) mass is 145 g/mol. The smallest absolute Gasteiger partial charge is 0.0991 e. The van der Waals surface area contributed by atoms with Gasteiger partial charge in [0.05, 0.1) is 11.6 Å². The van der Waals surface area contributed by atoms with Gasteiger partial charge >= 0.3 is 0 Å². The van der Waals surface area contributed by atoms with Gasteiger partial charge in [-0.25, -0.2) is 0 Å². The number of allylic oxidation sites excluding steroid dienone is 6. The van der Waals surface area contributed by atoms with Gasteiger partial charge in [0.25, 0.3) is 0 Å². The molecule has 56 valence electrons. The molecular formula is C10H11N. The van der Waals surface area contributed by atoms with Crippen LogP contribution in [0.2, 0.25) is 0 Å². The molecule has 0 atom stereocenters. The van der Waals surface area contributed by atoms with Crippen LogP contribution in [0, 0.1) is 11.3 Å². The van der Waals surface area contributed by atoms with Crippen LogP contribution < -0.4 is 0 Å². The molecule has 0 heterocycles. The van der Waals surface area contributed by atoms with Crippen LogP contribution in [0.4, 0.5) is 0 Å². The van der Waals surface area contributed by atoms with Crippen molar-refractivity contribution in [1.82, 2.24) is 0 Å². The van der Waals surface area contributed by atoms with Crippen LogP contribution in [0.15, 0.2) is 48.6 Å². The summed E-state index contributed by atoms with van der Waals surface area (Å²) in [6, 6.07) is 2.03. The molecule has 0 unspecified atom stereocenters. The van der Waals surface area contributed by atoms with E-state index in [0.717, 1.165) is 5.57 Å². The highest BCUT2D eigenvalue weighted by molar-refractivity contribution is 5.39. The Labute approximate surface area is 67.7 Å². The van der Waals surface area contributed by atoms with Crippen molar-refractivity contribution in [1.29, 1.82) is 5.26 Å². The Morgan fingerprint density at radius 1 is 1.45 bits per heavy atom. The summed E-state index contributed by atoms with van der Waals surface area (Å²) < 4.78 is 0. The Morgan fingerprint density at radius 2 is 2.09 bits per heavy atom. The number of nitriles is 1. The SMILES string of the molecule is C=C/C=C(C#N)\C=C(\C)C=C. The van der Waals surface area contributed by atoms with Crippen molar-refractivity contribution in [3.63, 3.8) is 0 Å². The third kappa shape index (κ3) is 3.94. The molecule has 0 N–H and O–H groups in total. The summed E-state index contributed by atoms with van der Waals surface area (Å²) in [6.45, 7) is 8.97. The van der Waals surface area contributed by atoms with Crippen LogP contribution in [-0.4, -0.2) is 0 Å². The Kier molecular flexibility index (Phi) is 4.51. The van der Waals surface area contributed by atoms with Crippen LogP contribution in [-0.2, 0) is 0 Å². The first kappa shape index (κ1) is 9.45. The molecule has 0 aromatic heterocycles. The number of hydrogen-bond donors (Lipinski definition) is 0. The maximum absolute atomic E-state index is 8.56. The molecule has 0 bridgehead atoms. The van der Waals surface area contributed by atoms with E-state index in [-0.39, 0.29) is 0 Å². The van der Waals surface area contributed by atoms with E-state index in [4.69, 9.17) is 5.26 Å². The summed E-state index contributed by atoms with van der Waals surface area (Å²) in [6.07, 6.45) is 6.71. The van der Waals surface area contributed by atoms with E-state index in [1.807, 2.05) is 13.0 Å². The van der Waals surface area contributed by atoms with Gasteiger partial charge in [0, 0.05) is 0 Å². The molecule has 0 aliphatic rings. The summed E-state index contributed by atoms with van der Waals surface area (Å²) in [7, 11) is 0. The zero-order valence-corrected chi connectivity index (χ0v) is 6.67. The van der Waals surface area contributed by atoms with E-state index in [1.165, 1.54) is 0 Å². The first-order chi connectivity index (χ1) is 5.24. The Balaban J connectivity index is 4.58. The average Bonchev–Trinajstić information content (AvgIpc) is 2.03. The lowest BCUT2D eigenvalue weighted by Gasteiger charge is -1.88. The third-order valence-electron chi connectivity index (χ3n) is 1.13. The van der Waals surface area contributed by atoms with Gasteiger partial charge in [0.15, 0.2) is 0 Å². The Bertz CT molecular complexity index is 249. The van der Waals surface area contributed by atoms with Crippen molar-refractivity contribution in [2.45, 2.75) is 6.92 Å². The van der Waals surface area contributed by atoms with Gasteiger partial charge in [-0.2, -0.15) is 5.26 Å². The number of nitrogens with zero attached hydrogens (tertiary/aromatic N) is 1. The second-order valence-electron chi connectivity index (χ2n) is 2.06. The predicted molar refractivity (Wildman–Crippen MR) is 47.8 cm³/mol. The first-order valence-electron chi connectivity index (χ1n) is 3.28. The van der Waals surface area contributed by atoms with E-state index < -0.39 is 0 Å². The summed E-state index contributed by atoms with van der Waals surface area (Å²) in [5.74, 6) is 0. The van der Waals surface area contributed by atoms with Crippen molar-refractivity contribution in [3.05, 3.63) is 48.6 Å². The van der Waals surface area contributed by atoms with Gasteiger partial charge in [-0.15, -0.1) is 0 Å². The standard InChI is InChI=1S/C10H11N/c1-4-6-10(8-11)7-9(3)5-2/h4-7H,1-2H2,3H3/b9-7-,10-6+. The second-order valence-corrected chi connectivity index (χ2v) is 2.06. The maximum Gasteiger partial charge on any atom is 0.0991 e. The summed E-state index contributed by atoms with van der Waals surface area (Å²) in [4.78, 5) is 0. The molecule has 0 radical (unpaired) electrons. The van der Waals surface area contributed by atoms with Gasteiger partial charge in [0.1, 0.15) is 0 Å². The molecule has 0 fully saturated rings. The summed E-state index contributed by atoms with van der Waals surface area (Å²) >= 11 is 0. The third-order valence-corrected chi connectivity index (χ3v) is 1.13. The minimum atomic E-state index is 0.595. The lowest BCUT2D eigenvalue weighted by atomic mass is 10.2.